The molecule has 1 aliphatic rings. The quantitative estimate of drug-likeness (QED) is 0.674. The average Bonchev–Trinajstić information content (AvgIpc) is 3.20. The van der Waals surface area contributed by atoms with Gasteiger partial charge in [0.15, 0.2) is 0 Å². The Morgan fingerprint density at radius 3 is 2.40 bits per heavy atom. The normalized spacial score (nSPS) is 18.0. The number of hydrogen-bond acceptors (Lipinski definition) is 5. The van der Waals surface area contributed by atoms with E-state index in [4.69, 9.17) is 10.3 Å². The minimum absolute atomic E-state index is 0. The summed E-state index contributed by atoms with van der Waals surface area (Å²) in [4.78, 5) is 19.1. The van der Waals surface area contributed by atoms with Crippen molar-refractivity contribution in [2.45, 2.75) is 26.3 Å². The number of rotatable bonds is 3. The third kappa shape index (κ3) is 4.37. The van der Waals surface area contributed by atoms with Crippen LogP contribution < -0.4 is 5.73 Å². The predicted molar refractivity (Wildman–Crippen MR) is 115 cm³/mol. The molecular weight excluding hydrogens is 407 g/mol. The second kappa shape index (κ2) is 8.53. The largest absolute Gasteiger partial charge is 0.338 e. The molecule has 30 heavy (non-hydrogen) atoms. The highest BCUT2D eigenvalue weighted by atomic mass is 35.5. The van der Waals surface area contributed by atoms with E-state index in [1.807, 2.05) is 4.90 Å². The van der Waals surface area contributed by atoms with Crippen LogP contribution in [-0.4, -0.2) is 40.1 Å². The Morgan fingerprint density at radius 2 is 1.77 bits per heavy atom. The van der Waals surface area contributed by atoms with Crippen LogP contribution in [0.15, 0.2) is 53.1 Å². The maximum Gasteiger partial charge on any atom is 0.258 e. The molecule has 0 spiro atoms. The molecule has 3 aromatic rings. The van der Waals surface area contributed by atoms with Crippen LogP contribution in [-0.2, 0) is 0 Å². The number of likely N-dealkylation sites (tertiary alicyclic amines) is 1. The van der Waals surface area contributed by atoms with Crippen LogP contribution in [0.2, 0.25) is 0 Å². The molecule has 1 fully saturated rings. The summed E-state index contributed by atoms with van der Waals surface area (Å²) in [6.45, 7) is 5.49. The summed E-state index contributed by atoms with van der Waals surface area (Å²) in [5.74, 6) is 0.393. The summed E-state index contributed by atoms with van der Waals surface area (Å²) >= 11 is 0. The zero-order valence-electron chi connectivity index (χ0n) is 16.8. The number of halogens is 2. The number of nitrogens with zero attached hydrogens (tertiary/aromatic N) is 3. The molecule has 0 aliphatic carbocycles. The highest BCUT2D eigenvalue weighted by Gasteiger charge is 2.35. The maximum absolute atomic E-state index is 13.1. The smallest absolute Gasteiger partial charge is 0.258 e. The number of amides is 1. The van der Waals surface area contributed by atoms with Gasteiger partial charge in [-0.25, -0.2) is 4.39 Å². The molecule has 1 aliphatic heterocycles. The summed E-state index contributed by atoms with van der Waals surface area (Å²) in [5.41, 5.74) is 8.06. The predicted octanol–water partition coefficient (Wildman–Crippen LogP) is 4.16. The standard InChI is InChI=1S/C22H23FN4O2.ClH/c1-22(2)13-27(12-11-18(22)24)21(28)16-5-3-14(4-6-16)19-25-20(29-26-19)15-7-9-17(23)10-8-15;/h3-10,18H,11-13,24H2,1-2H3;1H. The van der Waals surface area contributed by atoms with E-state index in [0.29, 0.717) is 35.9 Å². The summed E-state index contributed by atoms with van der Waals surface area (Å²) in [7, 11) is 0. The number of piperidine rings is 1. The Bertz CT molecular complexity index is 1020. The van der Waals surface area contributed by atoms with Gasteiger partial charge >= 0.3 is 0 Å². The Hall–Kier alpha value is -2.77. The topological polar surface area (TPSA) is 85.2 Å². The van der Waals surface area contributed by atoms with Gasteiger partial charge in [-0.1, -0.05) is 31.1 Å². The number of benzene rings is 2. The van der Waals surface area contributed by atoms with Crippen LogP contribution in [0.5, 0.6) is 0 Å². The Morgan fingerprint density at radius 1 is 1.13 bits per heavy atom. The van der Waals surface area contributed by atoms with Gasteiger partial charge in [0.1, 0.15) is 5.82 Å². The van der Waals surface area contributed by atoms with Crippen molar-refractivity contribution >= 4 is 18.3 Å². The zero-order chi connectivity index (χ0) is 20.6. The van der Waals surface area contributed by atoms with E-state index in [1.165, 1.54) is 12.1 Å². The average molecular weight is 431 g/mol. The van der Waals surface area contributed by atoms with E-state index >= 15 is 0 Å². The SMILES string of the molecule is CC1(C)CN(C(=O)c2ccc(-c3noc(-c4ccc(F)cc4)n3)cc2)CCC1N.Cl. The minimum Gasteiger partial charge on any atom is -0.338 e. The van der Waals surface area contributed by atoms with Gasteiger partial charge in [0.05, 0.1) is 0 Å². The fourth-order valence-corrected chi connectivity index (χ4v) is 3.54. The molecule has 2 heterocycles. The lowest BCUT2D eigenvalue weighted by atomic mass is 9.79. The van der Waals surface area contributed by atoms with E-state index in [0.717, 1.165) is 12.0 Å². The first-order chi connectivity index (χ1) is 13.8. The summed E-state index contributed by atoms with van der Waals surface area (Å²) in [5, 5.41) is 3.99. The molecule has 1 aromatic heterocycles. The van der Waals surface area contributed by atoms with Gasteiger partial charge in [0.2, 0.25) is 5.82 Å². The van der Waals surface area contributed by atoms with Crippen molar-refractivity contribution in [3.8, 4) is 22.8 Å². The van der Waals surface area contributed by atoms with E-state index in [-0.39, 0.29) is 35.6 Å². The van der Waals surface area contributed by atoms with Crippen molar-refractivity contribution in [2.24, 2.45) is 11.1 Å². The first kappa shape index (κ1) is 21.9. The lowest BCUT2D eigenvalue weighted by Gasteiger charge is -2.42. The van der Waals surface area contributed by atoms with Crippen molar-refractivity contribution in [1.29, 1.82) is 0 Å². The molecule has 0 bridgehead atoms. The van der Waals surface area contributed by atoms with E-state index in [2.05, 4.69) is 24.0 Å². The van der Waals surface area contributed by atoms with E-state index in [1.54, 1.807) is 36.4 Å². The number of hydrogen-bond donors (Lipinski definition) is 1. The van der Waals surface area contributed by atoms with Gasteiger partial charge in [-0.2, -0.15) is 4.98 Å². The Labute approximate surface area is 180 Å². The molecular formula is C22H24ClFN4O2. The highest BCUT2D eigenvalue weighted by Crippen LogP contribution is 2.29. The van der Waals surface area contributed by atoms with Gasteiger partial charge < -0.3 is 15.2 Å². The summed E-state index contributed by atoms with van der Waals surface area (Å²) in [6, 6.07) is 13.1. The molecule has 0 radical (unpaired) electrons. The molecule has 2 aromatic carbocycles. The zero-order valence-corrected chi connectivity index (χ0v) is 17.7. The van der Waals surface area contributed by atoms with Gasteiger partial charge in [-0.15, -0.1) is 12.4 Å². The summed E-state index contributed by atoms with van der Waals surface area (Å²) < 4.78 is 18.3. The first-order valence-corrected chi connectivity index (χ1v) is 9.58. The van der Waals surface area contributed by atoms with Crippen LogP contribution >= 0.6 is 12.4 Å². The van der Waals surface area contributed by atoms with Crippen LogP contribution in [0.3, 0.4) is 0 Å². The fourth-order valence-electron chi connectivity index (χ4n) is 3.54. The number of aromatic nitrogens is 2. The van der Waals surface area contributed by atoms with Crippen molar-refractivity contribution in [3.05, 3.63) is 59.9 Å². The van der Waals surface area contributed by atoms with Gasteiger partial charge in [0, 0.05) is 35.8 Å². The lowest BCUT2D eigenvalue weighted by molar-refractivity contribution is 0.0533. The minimum atomic E-state index is -0.326. The number of carbonyl (C=O) groups excluding carboxylic acids is 1. The molecule has 1 unspecified atom stereocenters. The summed E-state index contributed by atoms with van der Waals surface area (Å²) in [6.07, 6.45) is 0.797. The second-order valence-corrected chi connectivity index (χ2v) is 8.12. The molecule has 1 atom stereocenters. The highest BCUT2D eigenvalue weighted by molar-refractivity contribution is 5.94. The van der Waals surface area contributed by atoms with Crippen molar-refractivity contribution in [3.63, 3.8) is 0 Å². The Kier molecular flexibility index (Phi) is 6.24. The van der Waals surface area contributed by atoms with Crippen LogP contribution in [0, 0.1) is 11.2 Å². The molecule has 158 valence electrons. The van der Waals surface area contributed by atoms with Gasteiger partial charge in [0.25, 0.3) is 11.8 Å². The molecule has 1 amide bonds. The molecule has 1 saturated heterocycles. The molecule has 8 heteroatoms. The lowest BCUT2D eigenvalue weighted by Crippen LogP contribution is -2.53. The van der Waals surface area contributed by atoms with Crippen LogP contribution in [0.25, 0.3) is 22.8 Å². The monoisotopic (exact) mass is 430 g/mol. The van der Waals surface area contributed by atoms with Crippen molar-refractivity contribution < 1.29 is 13.7 Å². The van der Waals surface area contributed by atoms with Gasteiger partial charge in [-0.3, -0.25) is 4.79 Å². The van der Waals surface area contributed by atoms with Crippen molar-refractivity contribution in [1.82, 2.24) is 15.0 Å². The number of carbonyl (C=O) groups is 1. The van der Waals surface area contributed by atoms with E-state index < -0.39 is 0 Å². The van der Waals surface area contributed by atoms with Gasteiger partial charge in [-0.05, 0) is 48.2 Å². The first-order valence-electron chi connectivity index (χ1n) is 9.58. The molecule has 0 saturated carbocycles. The van der Waals surface area contributed by atoms with Crippen molar-refractivity contribution in [2.75, 3.05) is 13.1 Å². The molecule has 4 rings (SSSR count). The third-order valence-corrected chi connectivity index (χ3v) is 5.51. The second-order valence-electron chi connectivity index (χ2n) is 8.12. The Balaban J connectivity index is 0.00000256. The third-order valence-electron chi connectivity index (χ3n) is 5.51. The van der Waals surface area contributed by atoms with Crippen LogP contribution in [0.4, 0.5) is 4.39 Å². The number of nitrogens with two attached hydrogens (primary N) is 1. The van der Waals surface area contributed by atoms with Crippen LogP contribution in [0.1, 0.15) is 30.6 Å². The molecule has 2 N–H and O–H groups in total. The van der Waals surface area contributed by atoms with E-state index in [9.17, 15) is 9.18 Å². The maximum atomic E-state index is 13.1. The molecule has 6 nitrogen and oxygen atoms in total. The fraction of sp³-hybridized carbons (Fsp3) is 0.318.